The van der Waals surface area contributed by atoms with Gasteiger partial charge < -0.3 is 10.2 Å². The smallest absolute Gasteiger partial charge is 0.238 e. The number of primary sulfonamides is 1. The van der Waals surface area contributed by atoms with Crippen LogP contribution in [0, 0.1) is 5.82 Å². The lowest BCUT2D eigenvalue weighted by Gasteiger charge is -2.35. The van der Waals surface area contributed by atoms with Crippen LogP contribution in [0.4, 0.5) is 10.1 Å². The van der Waals surface area contributed by atoms with Gasteiger partial charge in [0.2, 0.25) is 15.9 Å². The third-order valence-electron chi connectivity index (χ3n) is 4.74. The Labute approximate surface area is 190 Å². The summed E-state index contributed by atoms with van der Waals surface area (Å²) in [7, 11) is -3.76. The van der Waals surface area contributed by atoms with Crippen molar-refractivity contribution in [3.05, 3.63) is 59.9 Å². The van der Waals surface area contributed by atoms with E-state index < -0.39 is 10.0 Å². The third-order valence-corrected chi connectivity index (χ3v) is 7.20. The standard InChI is InChI=1S/C20H23FN4O3S3/c21-16-3-1-15(2-4-16)13-24-9-11-25(12-10-24)20(29)30-14-19(26)23-17-5-7-18(8-6-17)31(22,27)28/h1-8H,9-14H2,(H,23,26)(H2,22,27,28). The van der Waals surface area contributed by atoms with Crippen LogP contribution < -0.4 is 10.5 Å². The first-order chi connectivity index (χ1) is 14.7. The Morgan fingerprint density at radius 3 is 2.26 bits per heavy atom. The van der Waals surface area contributed by atoms with Crippen LogP contribution in [0.25, 0.3) is 0 Å². The summed E-state index contributed by atoms with van der Waals surface area (Å²) in [6.07, 6.45) is 0. The zero-order valence-corrected chi connectivity index (χ0v) is 19.1. The molecule has 0 aliphatic carbocycles. The summed E-state index contributed by atoms with van der Waals surface area (Å²) >= 11 is 6.76. The van der Waals surface area contributed by atoms with Gasteiger partial charge in [-0.05, 0) is 42.0 Å². The van der Waals surface area contributed by atoms with Gasteiger partial charge in [0.15, 0.2) is 0 Å². The largest absolute Gasteiger partial charge is 0.355 e. The van der Waals surface area contributed by atoms with Crippen molar-refractivity contribution in [1.29, 1.82) is 0 Å². The Morgan fingerprint density at radius 1 is 1.06 bits per heavy atom. The van der Waals surface area contributed by atoms with E-state index in [1.54, 1.807) is 12.1 Å². The molecule has 0 unspecified atom stereocenters. The van der Waals surface area contributed by atoms with Gasteiger partial charge >= 0.3 is 0 Å². The summed E-state index contributed by atoms with van der Waals surface area (Å²) in [5, 5.41) is 7.77. The molecule has 0 atom stereocenters. The number of carbonyl (C=O) groups is 1. The van der Waals surface area contributed by atoms with Crippen molar-refractivity contribution in [1.82, 2.24) is 9.80 Å². The average molecular weight is 483 g/mol. The summed E-state index contributed by atoms with van der Waals surface area (Å²) in [6, 6.07) is 12.2. The first-order valence-electron chi connectivity index (χ1n) is 9.52. The van der Waals surface area contributed by atoms with Crippen LogP contribution in [0.2, 0.25) is 0 Å². The molecule has 3 rings (SSSR count). The van der Waals surface area contributed by atoms with Crippen molar-refractivity contribution in [2.75, 3.05) is 37.2 Å². The lowest BCUT2D eigenvalue weighted by molar-refractivity contribution is -0.113. The summed E-state index contributed by atoms with van der Waals surface area (Å²) in [4.78, 5) is 16.5. The average Bonchev–Trinajstić information content (AvgIpc) is 2.74. The first kappa shape index (κ1) is 23.6. The van der Waals surface area contributed by atoms with E-state index in [0.717, 1.165) is 38.3 Å². The maximum Gasteiger partial charge on any atom is 0.238 e. The fourth-order valence-corrected chi connectivity index (χ4v) is 4.65. The normalized spacial score (nSPS) is 15.0. The van der Waals surface area contributed by atoms with E-state index in [4.69, 9.17) is 17.4 Å². The lowest BCUT2D eigenvalue weighted by Crippen LogP contribution is -2.47. The van der Waals surface area contributed by atoms with Gasteiger partial charge in [0.25, 0.3) is 0 Å². The number of thiocarbonyl (C=S) groups is 1. The van der Waals surface area contributed by atoms with Crippen molar-refractivity contribution in [2.24, 2.45) is 5.14 Å². The molecule has 31 heavy (non-hydrogen) atoms. The van der Waals surface area contributed by atoms with Crippen molar-refractivity contribution in [3.63, 3.8) is 0 Å². The molecule has 0 radical (unpaired) electrons. The van der Waals surface area contributed by atoms with Gasteiger partial charge in [-0.2, -0.15) is 0 Å². The zero-order valence-electron chi connectivity index (χ0n) is 16.7. The Hall–Kier alpha value is -2.05. The Morgan fingerprint density at radius 2 is 1.68 bits per heavy atom. The van der Waals surface area contributed by atoms with E-state index in [9.17, 15) is 17.6 Å². The third kappa shape index (κ3) is 7.25. The number of rotatable bonds is 6. The minimum absolute atomic E-state index is 0.0142. The van der Waals surface area contributed by atoms with E-state index in [1.165, 1.54) is 48.2 Å². The van der Waals surface area contributed by atoms with Crippen LogP contribution >= 0.6 is 24.0 Å². The summed E-state index contributed by atoms with van der Waals surface area (Å²) in [5.74, 6) is -0.308. The molecule has 2 aromatic rings. The number of halogens is 1. The number of nitrogens with one attached hydrogen (secondary N) is 1. The molecule has 1 aliphatic rings. The van der Waals surface area contributed by atoms with Crippen LogP contribution in [-0.2, 0) is 21.4 Å². The topological polar surface area (TPSA) is 95.7 Å². The molecule has 1 saturated heterocycles. The molecule has 0 aromatic heterocycles. The van der Waals surface area contributed by atoms with Crippen molar-refractivity contribution in [3.8, 4) is 0 Å². The number of nitrogens with two attached hydrogens (primary N) is 1. The second-order valence-corrected chi connectivity index (χ2v) is 10.2. The highest BCUT2D eigenvalue weighted by Crippen LogP contribution is 2.16. The minimum Gasteiger partial charge on any atom is -0.355 e. The number of sulfonamides is 1. The fourth-order valence-electron chi connectivity index (χ4n) is 3.08. The number of hydrogen-bond acceptors (Lipinski definition) is 6. The highest BCUT2D eigenvalue weighted by molar-refractivity contribution is 8.23. The van der Waals surface area contributed by atoms with Gasteiger partial charge in [0.05, 0.1) is 10.6 Å². The van der Waals surface area contributed by atoms with Crippen LogP contribution in [0.15, 0.2) is 53.4 Å². The van der Waals surface area contributed by atoms with Crippen LogP contribution in [-0.4, -0.2) is 60.4 Å². The second-order valence-electron chi connectivity index (χ2n) is 7.06. The highest BCUT2D eigenvalue weighted by atomic mass is 32.2. The molecule has 0 spiro atoms. The number of hydrogen-bond donors (Lipinski definition) is 2. The molecular formula is C20H23FN4O3S3. The fraction of sp³-hybridized carbons (Fsp3) is 0.300. The molecule has 0 bridgehead atoms. The van der Waals surface area contributed by atoms with E-state index in [1.807, 2.05) is 0 Å². The maximum absolute atomic E-state index is 13.0. The predicted molar refractivity (Wildman–Crippen MR) is 125 cm³/mol. The number of piperazine rings is 1. The van der Waals surface area contributed by atoms with E-state index in [-0.39, 0.29) is 22.4 Å². The molecule has 1 aliphatic heterocycles. The molecule has 2 aromatic carbocycles. The molecule has 1 fully saturated rings. The molecular weight excluding hydrogens is 459 g/mol. The number of amides is 1. The minimum atomic E-state index is -3.76. The van der Waals surface area contributed by atoms with Crippen molar-refractivity contribution >= 4 is 49.9 Å². The monoisotopic (exact) mass is 482 g/mol. The van der Waals surface area contributed by atoms with Gasteiger partial charge in [-0.25, -0.2) is 17.9 Å². The molecule has 3 N–H and O–H groups in total. The Balaban J connectivity index is 1.39. The number of carbonyl (C=O) groups excluding carboxylic acids is 1. The predicted octanol–water partition coefficient (Wildman–Crippen LogP) is 2.25. The van der Waals surface area contributed by atoms with E-state index in [0.29, 0.717) is 10.0 Å². The Kier molecular flexibility index (Phi) is 8.00. The van der Waals surface area contributed by atoms with Crippen molar-refractivity contribution in [2.45, 2.75) is 11.4 Å². The Bertz CT molecular complexity index is 1020. The second kappa shape index (κ2) is 10.5. The number of thioether (sulfide) groups is 1. The van der Waals surface area contributed by atoms with Gasteiger partial charge in [-0.3, -0.25) is 9.69 Å². The van der Waals surface area contributed by atoms with Gasteiger partial charge in [0, 0.05) is 38.4 Å². The molecule has 1 heterocycles. The van der Waals surface area contributed by atoms with Crippen LogP contribution in [0.3, 0.4) is 0 Å². The number of nitrogens with zero attached hydrogens (tertiary/aromatic N) is 2. The van der Waals surface area contributed by atoms with Crippen molar-refractivity contribution < 1.29 is 17.6 Å². The van der Waals surface area contributed by atoms with E-state index in [2.05, 4.69) is 15.1 Å². The summed E-state index contributed by atoms with van der Waals surface area (Å²) in [6.45, 7) is 3.97. The van der Waals surface area contributed by atoms with Gasteiger partial charge in [-0.15, -0.1) is 0 Å². The van der Waals surface area contributed by atoms with Crippen LogP contribution in [0.1, 0.15) is 5.56 Å². The molecule has 166 valence electrons. The molecule has 7 nitrogen and oxygen atoms in total. The van der Waals surface area contributed by atoms with Crippen LogP contribution in [0.5, 0.6) is 0 Å². The highest BCUT2D eigenvalue weighted by Gasteiger charge is 2.20. The zero-order chi connectivity index (χ0) is 22.4. The summed E-state index contributed by atoms with van der Waals surface area (Å²) < 4.78 is 36.2. The molecule has 0 saturated carbocycles. The molecule has 11 heteroatoms. The summed E-state index contributed by atoms with van der Waals surface area (Å²) in [5.41, 5.74) is 1.55. The number of anilines is 1. The maximum atomic E-state index is 13.0. The SMILES string of the molecule is NS(=O)(=O)c1ccc(NC(=O)CSC(=S)N2CCN(Cc3ccc(F)cc3)CC2)cc1. The first-order valence-corrected chi connectivity index (χ1v) is 12.5. The van der Waals surface area contributed by atoms with E-state index >= 15 is 0 Å². The molecule has 1 amide bonds. The quantitative estimate of drug-likeness (QED) is 0.610. The van der Waals surface area contributed by atoms with Gasteiger partial charge in [0.1, 0.15) is 10.1 Å². The lowest BCUT2D eigenvalue weighted by atomic mass is 10.2. The number of benzene rings is 2. The van der Waals surface area contributed by atoms with Gasteiger partial charge in [-0.1, -0.05) is 36.1 Å².